The lowest BCUT2D eigenvalue weighted by atomic mass is 9.68. The third-order valence-corrected chi connectivity index (χ3v) is 12.9. The number of aromatic nitrogens is 2. The van der Waals surface area contributed by atoms with E-state index < -0.39 is 5.41 Å². The van der Waals surface area contributed by atoms with Gasteiger partial charge in [-0.05, 0) is 81.4 Å². The minimum Gasteiger partial charge on any atom is -0.456 e. The summed E-state index contributed by atoms with van der Waals surface area (Å²) in [6.07, 6.45) is 0. The molecular formula is C59H36N2O3. The largest absolute Gasteiger partial charge is 0.456 e. The van der Waals surface area contributed by atoms with Gasteiger partial charge in [0.25, 0.3) is 0 Å². The summed E-state index contributed by atoms with van der Waals surface area (Å²) in [5.41, 5.74) is 14.8. The molecule has 11 aromatic rings. The molecule has 0 spiro atoms. The molecule has 0 atom stereocenters. The summed E-state index contributed by atoms with van der Waals surface area (Å²) in [6, 6.07) is 75.9. The summed E-state index contributed by atoms with van der Waals surface area (Å²) in [7, 11) is 0. The van der Waals surface area contributed by atoms with Crippen LogP contribution in [0.4, 0.5) is 0 Å². The van der Waals surface area contributed by atoms with Crippen LogP contribution < -0.4 is 9.47 Å². The van der Waals surface area contributed by atoms with E-state index in [0.29, 0.717) is 23.1 Å². The molecule has 300 valence electrons. The molecule has 0 saturated carbocycles. The minimum absolute atomic E-state index is 0.525. The third kappa shape index (κ3) is 5.57. The number of hydrogen-bond donors (Lipinski definition) is 0. The first-order valence-corrected chi connectivity index (χ1v) is 21.5. The Morgan fingerprint density at radius 1 is 0.359 bits per heavy atom. The van der Waals surface area contributed by atoms with Crippen LogP contribution in [0.2, 0.25) is 0 Å². The predicted octanol–water partition coefficient (Wildman–Crippen LogP) is 15.3. The molecule has 13 rings (SSSR count). The van der Waals surface area contributed by atoms with E-state index >= 15 is 0 Å². The molecule has 0 bridgehead atoms. The lowest BCUT2D eigenvalue weighted by Gasteiger charge is -2.34. The number of furan rings is 1. The van der Waals surface area contributed by atoms with Crippen LogP contribution in [-0.2, 0) is 5.41 Å². The second-order valence-electron chi connectivity index (χ2n) is 16.4. The molecule has 2 aromatic heterocycles. The van der Waals surface area contributed by atoms with Gasteiger partial charge in [-0.25, -0.2) is 9.97 Å². The van der Waals surface area contributed by atoms with Gasteiger partial charge < -0.3 is 13.9 Å². The van der Waals surface area contributed by atoms with Gasteiger partial charge in [-0.15, -0.1) is 0 Å². The third-order valence-electron chi connectivity index (χ3n) is 12.9. The first-order chi connectivity index (χ1) is 31.7. The Balaban J connectivity index is 0.849. The van der Waals surface area contributed by atoms with Crippen molar-refractivity contribution in [3.63, 3.8) is 0 Å². The smallest absolute Gasteiger partial charge is 0.178 e. The zero-order valence-corrected chi connectivity index (χ0v) is 34.4. The van der Waals surface area contributed by atoms with Crippen LogP contribution >= 0.6 is 0 Å². The van der Waals surface area contributed by atoms with E-state index in [1.165, 1.54) is 22.3 Å². The lowest BCUT2D eigenvalue weighted by molar-refractivity contribution is 0.360. The fourth-order valence-corrected chi connectivity index (χ4v) is 9.92. The molecule has 9 aromatic carbocycles. The molecule has 0 fully saturated rings. The van der Waals surface area contributed by atoms with Crippen LogP contribution in [0.5, 0.6) is 23.0 Å². The minimum atomic E-state index is -0.525. The highest BCUT2D eigenvalue weighted by atomic mass is 16.6. The van der Waals surface area contributed by atoms with E-state index in [-0.39, 0.29) is 0 Å². The molecule has 3 heterocycles. The molecule has 1 aliphatic carbocycles. The summed E-state index contributed by atoms with van der Waals surface area (Å²) in [4.78, 5) is 10.2. The van der Waals surface area contributed by atoms with Crippen LogP contribution in [0.15, 0.2) is 223 Å². The Hall–Kier alpha value is -8.54. The van der Waals surface area contributed by atoms with Gasteiger partial charge in [0.2, 0.25) is 0 Å². The highest BCUT2D eigenvalue weighted by molar-refractivity contribution is 6.06. The van der Waals surface area contributed by atoms with Crippen LogP contribution in [0, 0.1) is 0 Å². The SMILES string of the molecule is c1ccc(-c2cc(-c3ccc4c(c3)oc3ccccc34)nc(-c3ccc(-c4ccc5c(c4)Oc4ccc6c(c4O5)-c4ccccc4C6(c4ccccc4)c4ccccc4)cc3)n2)cc1. The van der Waals surface area contributed by atoms with Crippen molar-refractivity contribution in [2.24, 2.45) is 0 Å². The average Bonchev–Trinajstić information content (AvgIpc) is 3.90. The summed E-state index contributed by atoms with van der Waals surface area (Å²) in [5, 5.41) is 2.18. The Kier molecular flexibility index (Phi) is 8.06. The fraction of sp³-hybridized carbons (Fsp3) is 0.0169. The van der Waals surface area contributed by atoms with Crippen LogP contribution in [-0.4, -0.2) is 9.97 Å². The number of para-hydroxylation sites is 1. The van der Waals surface area contributed by atoms with E-state index in [9.17, 15) is 0 Å². The monoisotopic (exact) mass is 820 g/mol. The summed E-state index contributed by atoms with van der Waals surface area (Å²) < 4.78 is 19.9. The molecule has 0 N–H and O–H groups in total. The second kappa shape index (κ2) is 14.3. The van der Waals surface area contributed by atoms with Gasteiger partial charge in [-0.3, -0.25) is 0 Å². The van der Waals surface area contributed by atoms with Gasteiger partial charge in [0, 0.05) is 33.0 Å². The number of hydrogen-bond acceptors (Lipinski definition) is 5. The summed E-state index contributed by atoms with van der Waals surface area (Å²) in [5.74, 6) is 3.41. The molecule has 0 radical (unpaired) electrons. The van der Waals surface area contributed by atoms with Crippen molar-refractivity contribution in [2.45, 2.75) is 5.41 Å². The first kappa shape index (κ1) is 36.1. The maximum absolute atomic E-state index is 6.90. The number of ether oxygens (including phenoxy) is 2. The van der Waals surface area contributed by atoms with Crippen molar-refractivity contribution in [1.82, 2.24) is 9.97 Å². The summed E-state index contributed by atoms with van der Waals surface area (Å²) in [6.45, 7) is 0. The van der Waals surface area contributed by atoms with Gasteiger partial charge in [-0.1, -0.05) is 176 Å². The second-order valence-corrected chi connectivity index (χ2v) is 16.4. The zero-order chi connectivity index (χ0) is 42.2. The molecular weight excluding hydrogens is 785 g/mol. The normalized spacial score (nSPS) is 13.1. The fourth-order valence-electron chi connectivity index (χ4n) is 9.92. The number of nitrogens with zero attached hydrogens (tertiary/aromatic N) is 2. The van der Waals surface area contributed by atoms with E-state index in [0.717, 1.165) is 78.0 Å². The Morgan fingerprint density at radius 2 is 0.969 bits per heavy atom. The molecule has 2 aliphatic rings. The zero-order valence-electron chi connectivity index (χ0n) is 34.4. The lowest BCUT2D eigenvalue weighted by Crippen LogP contribution is -2.28. The molecule has 64 heavy (non-hydrogen) atoms. The van der Waals surface area contributed by atoms with Crippen LogP contribution in [0.25, 0.3) is 78.1 Å². The highest BCUT2D eigenvalue weighted by Crippen LogP contribution is 2.62. The summed E-state index contributed by atoms with van der Waals surface area (Å²) >= 11 is 0. The maximum Gasteiger partial charge on any atom is 0.178 e. The Labute approximate surface area is 369 Å². The van der Waals surface area contributed by atoms with Crippen molar-refractivity contribution < 1.29 is 13.9 Å². The number of benzene rings is 9. The molecule has 0 saturated heterocycles. The van der Waals surface area contributed by atoms with E-state index in [1.807, 2.05) is 42.5 Å². The van der Waals surface area contributed by atoms with Gasteiger partial charge in [-0.2, -0.15) is 0 Å². The number of fused-ring (bicyclic) bond motifs is 9. The first-order valence-electron chi connectivity index (χ1n) is 21.5. The Bertz CT molecular complexity index is 3560. The Morgan fingerprint density at radius 3 is 1.75 bits per heavy atom. The van der Waals surface area contributed by atoms with Gasteiger partial charge in [0.15, 0.2) is 28.8 Å². The quantitative estimate of drug-likeness (QED) is 0.167. The topological polar surface area (TPSA) is 57.4 Å². The number of rotatable bonds is 6. The van der Waals surface area contributed by atoms with Gasteiger partial charge in [0.1, 0.15) is 11.2 Å². The van der Waals surface area contributed by atoms with Crippen molar-refractivity contribution >= 4 is 21.9 Å². The van der Waals surface area contributed by atoms with E-state index in [2.05, 4.69) is 176 Å². The van der Waals surface area contributed by atoms with Crippen molar-refractivity contribution in [3.05, 3.63) is 241 Å². The standard InChI is InChI=1S/C59H36N2O3/c1-4-14-38(15-5-1)49-36-50(41-28-30-45-44-20-11-13-23-51(44)62-54(45)35-41)61-58(60-49)39-26-24-37(25-27-39)40-29-32-52-55(34-40)63-53-33-31-48-56(57(53)64-52)46-21-10-12-22-47(46)59(48,42-16-6-2-7-17-42)43-18-8-3-9-19-43/h1-36H. The predicted molar refractivity (Wildman–Crippen MR) is 255 cm³/mol. The van der Waals surface area contributed by atoms with Crippen molar-refractivity contribution in [3.8, 4) is 79.2 Å². The molecule has 0 amide bonds. The molecule has 5 heteroatoms. The van der Waals surface area contributed by atoms with E-state index in [4.69, 9.17) is 23.9 Å². The maximum atomic E-state index is 6.90. The highest BCUT2D eigenvalue weighted by Gasteiger charge is 2.48. The van der Waals surface area contributed by atoms with E-state index in [1.54, 1.807) is 0 Å². The molecule has 1 aliphatic heterocycles. The van der Waals surface area contributed by atoms with Gasteiger partial charge >= 0.3 is 0 Å². The average molecular weight is 821 g/mol. The van der Waals surface area contributed by atoms with Crippen LogP contribution in [0.1, 0.15) is 22.3 Å². The van der Waals surface area contributed by atoms with Crippen molar-refractivity contribution in [2.75, 3.05) is 0 Å². The molecule has 0 unspecified atom stereocenters. The van der Waals surface area contributed by atoms with Crippen LogP contribution in [0.3, 0.4) is 0 Å². The van der Waals surface area contributed by atoms with Crippen molar-refractivity contribution in [1.29, 1.82) is 0 Å². The molecule has 5 nitrogen and oxygen atoms in total. The van der Waals surface area contributed by atoms with Gasteiger partial charge in [0.05, 0.1) is 16.8 Å².